The molecular weight excluding hydrogens is 314 g/mol. The molecule has 0 spiro atoms. The summed E-state index contributed by atoms with van der Waals surface area (Å²) in [6.07, 6.45) is 0. The fourth-order valence-electron chi connectivity index (χ4n) is 2.18. The van der Waals surface area contributed by atoms with E-state index in [-0.39, 0.29) is 18.6 Å². The lowest BCUT2D eigenvalue weighted by Gasteiger charge is -2.14. The van der Waals surface area contributed by atoms with E-state index in [1.807, 2.05) is 49.4 Å². The number of carbonyl (C=O) groups is 1. The summed E-state index contributed by atoms with van der Waals surface area (Å²) >= 11 is 6.24. The van der Waals surface area contributed by atoms with E-state index in [1.165, 1.54) is 0 Å². The number of carbonyl (C=O) groups excluding carboxylic acids is 1. The predicted molar refractivity (Wildman–Crippen MR) is 91.9 cm³/mol. The minimum absolute atomic E-state index is 0.0629. The van der Waals surface area contributed by atoms with Gasteiger partial charge in [0, 0.05) is 13.2 Å². The van der Waals surface area contributed by atoms with Crippen molar-refractivity contribution < 1.29 is 14.3 Å². The second-order valence-electron chi connectivity index (χ2n) is 5.22. The van der Waals surface area contributed by atoms with Crippen LogP contribution in [0.15, 0.2) is 48.5 Å². The zero-order valence-electron chi connectivity index (χ0n) is 13.2. The predicted octanol–water partition coefficient (Wildman–Crippen LogP) is 3.54. The fourth-order valence-corrected chi connectivity index (χ4v) is 2.41. The number of nitrogens with one attached hydrogen (secondary N) is 1. The molecule has 0 heterocycles. The molecule has 4 nitrogen and oxygen atoms in total. The van der Waals surface area contributed by atoms with Gasteiger partial charge in [0.05, 0.1) is 11.6 Å². The smallest absolute Gasteiger partial charge is 0.258 e. The molecule has 1 N–H and O–H groups in total. The Morgan fingerprint density at radius 3 is 2.57 bits per heavy atom. The van der Waals surface area contributed by atoms with E-state index in [0.29, 0.717) is 17.4 Å². The van der Waals surface area contributed by atoms with E-state index >= 15 is 0 Å². The van der Waals surface area contributed by atoms with Crippen molar-refractivity contribution in [1.29, 1.82) is 0 Å². The fraction of sp³-hybridized carbons (Fsp3) is 0.278. The number of benzene rings is 2. The van der Waals surface area contributed by atoms with E-state index in [0.717, 1.165) is 11.1 Å². The molecule has 1 atom stereocenters. The number of halogens is 1. The Hall–Kier alpha value is -2.04. The third-order valence-electron chi connectivity index (χ3n) is 3.22. The van der Waals surface area contributed by atoms with Gasteiger partial charge >= 0.3 is 0 Å². The Bertz CT molecular complexity index is 646. The molecule has 2 aromatic carbocycles. The molecule has 122 valence electrons. The van der Waals surface area contributed by atoms with Crippen LogP contribution in [0.2, 0.25) is 5.02 Å². The van der Waals surface area contributed by atoms with Gasteiger partial charge in [-0.3, -0.25) is 4.79 Å². The van der Waals surface area contributed by atoms with Gasteiger partial charge in [0.15, 0.2) is 6.61 Å². The van der Waals surface area contributed by atoms with Gasteiger partial charge in [0.1, 0.15) is 5.75 Å². The Kier molecular flexibility index (Phi) is 6.44. The average molecular weight is 334 g/mol. The molecule has 1 amide bonds. The topological polar surface area (TPSA) is 47.6 Å². The lowest BCUT2D eigenvalue weighted by molar-refractivity contribution is -0.124. The molecular formula is C18H20ClNO3. The molecule has 0 aliphatic heterocycles. The van der Waals surface area contributed by atoms with Crippen LogP contribution in [-0.4, -0.2) is 32.3 Å². The molecule has 0 saturated carbocycles. The maximum Gasteiger partial charge on any atom is 0.258 e. The maximum absolute atomic E-state index is 11.8. The number of ether oxygens (including phenoxy) is 2. The van der Waals surface area contributed by atoms with Crippen LogP contribution in [0.25, 0.3) is 11.1 Å². The first kappa shape index (κ1) is 17.3. The molecule has 2 rings (SSSR count). The van der Waals surface area contributed by atoms with Crippen LogP contribution in [0.3, 0.4) is 0 Å². The van der Waals surface area contributed by atoms with Gasteiger partial charge in [0.2, 0.25) is 0 Å². The van der Waals surface area contributed by atoms with Crippen LogP contribution < -0.4 is 10.1 Å². The first-order valence-corrected chi connectivity index (χ1v) is 7.74. The first-order chi connectivity index (χ1) is 11.1. The van der Waals surface area contributed by atoms with Crippen molar-refractivity contribution in [2.45, 2.75) is 13.0 Å². The molecule has 0 saturated heterocycles. The molecule has 23 heavy (non-hydrogen) atoms. The summed E-state index contributed by atoms with van der Waals surface area (Å²) in [7, 11) is 1.59. The van der Waals surface area contributed by atoms with Crippen molar-refractivity contribution in [3.05, 3.63) is 53.6 Å². The van der Waals surface area contributed by atoms with Crippen LogP contribution in [0.1, 0.15) is 6.92 Å². The second-order valence-corrected chi connectivity index (χ2v) is 5.63. The highest BCUT2D eigenvalue weighted by atomic mass is 35.5. The SMILES string of the molecule is COCC(C)NC(=O)COc1ccc(-c2ccccc2)cc1Cl. The Morgan fingerprint density at radius 2 is 1.91 bits per heavy atom. The summed E-state index contributed by atoms with van der Waals surface area (Å²) in [6, 6.07) is 15.4. The Morgan fingerprint density at radius 1 is 1.17 bits per heavy atom. The third-order valence-corrected chi connectivity index (χ3v) is 3.52. The summed E-state index contributed by atoms with van der Waals surface area (Å²) < 4.78 is 10.4. The summed E-state index contributed by atoms with van der Waals surface area (Å²) in [4.78, 5) is 11.8. The van der Waals surface area contributed by atoms with Gasteiger partial charge in [-0.15, -0.1) is 0 Å². The number of methoxy groups -OCH3 is 1. The maximum atomic E-state index is 11.8. The van der Waals surface area contributed by atoms with E-state index in [4.69, 9.17) is 21.1 Å². The van der Waals surface area contributed by atoms with Crippen LogP contribution in [0.4, 0.5) is 0 Å². The van der Waals surface area contributed by atoms with Crippen LogP contribution in [0.5, 0.6) is 5.75 Å². The molecule has 2 aromatic rings. The number of amides is 1. The summed E-state index contributed by atoms with van der Waals surface area (Å²) in [6.45, 7) is 2.24. The van der Waals surface area contributed by atoms with Crippen molar-refractivity contribution in [3.63, 3.8) is 0 Å². The van der Waals surface area contributed by atoms with E-state index < -0.39 is 0 Å². The molecule has 0 bridgehead atoms. The van der Waals surface area contributed by atoms with Gasteiger partial charge in [-0.2, -0.15) is 0 Å². The highest BCUT2D eigenvalue weighted by Gasteiger charge is 2.10. The number of rotatable bonds is 7. The molecule has 0 fully saturated rings. The molecule has 0 aliphatic rings. The second kappa shape index (κ2) is 8.56. The van der Waals surface area contributed by atoms with Crippen LogP contribution in [0, 0.1) is 0 Å². The van der Waals surface area contributed by atoms with Crippen LogP contribution in [-0.2, 0) is 9.53 Å². The van der Waals surface area contributed by atoms with Crippen molar-refractivity contribution >= 4 is 17.5 Å². The zero-order valence-corrected chi connectivity index (χ0v) is 14.0. The Labute approximate surface area is 141 Å². The third kappa shape index (κ3) is 5.27. The number of hydrogen-bond acceptors (Lipinski definition) is 3. The molecule has 0 radical (unpaired) electrons. The minimum Gasteiger partial charge on any atom is -0.482 e. The van der Waals surface area contributed by atoms with Gasteiger partial charge in [-0.25, -0.2) is 0 Å². The zero-order chi connectivity index (χ0) is 16.7. The number of hydrogen-bond donors (Lipinski definition) is 1. The average Bonchev–Trinajstić information content (AvgIpc) is 2.54. The van der Waals surface area contributed by atoms with Crippen molar-refractivity contribution in [3.8, 4) is 16.9 Å². The monoisotopic (exact) mass is 333 g/mol. The molecule has 0 aliphatic carbocycles. The lowest BCUT2D eigenvalue weighted by Crippen LogP contribution is -2.38. The summed E-state index contributed by atoms with van der Waals surface area (Å²) in [5.74, 6) is 0.277. The minimum atomic E-state index is -0.210. The summed E-state index contributed by atoms with van der Waals surface area (Å²) in [5, 5.41) is 3.25. The van der Waals surface area contributed by atoms with Gasteiger partial charge in [-0.1, -0.05) is 48.0 Å². The highest BCUT2D eigenvalue weighted by Crippen LogP contribution is 2.30. The highest BCUT2D eigenvalue weighted by molar-refractivity contribution is 6.32. The standard InChI is InChI=1S/C18H20ClNO3/c1-13(11-22-2)20-18(21)12-23-17-9-8-15(10-16(17)19)14-6-4-3-5-7-14/h3-10,13H,11-12H2,1-2H3,(H,20,21). The van der Waals surface area contributed by atoms with Crippen LogP contribution >= 0.6 is 11.6 Å². The normalized spacial score (nSPS) is 11.8. The van der Waals surface area contributed by atoms with E-state index in [9.17, 15) is 4.79 Å². The molecule has 1 unspecified atom stereocenters. The van der Waals surface area contributed by atoms with Gasteiger partial charge in [0.25, 0.3) is 5.91 Å². The van der Waals surface area contributed by atoms with E-state index in [1.54, 1.807) is 13.2 Å². The lowest BCUT2D eigenvalue weighted by atomic mass is 10.1. The van der Waals surface area contributed by atoms with Gasteiger partial charge < -0.3 is 14.8 Å². The van der Waals surface area contributed by atoms with Crippen molar-refractivity contribution in [2.75, 3.05) is 20.3 Å². The van der Waals surface area contributed by atoms with Crippen molar-refractivity contribution in [2.24, 2.45) is 0 Å². The van der Waals surface area contributed by atoms with Gasteiger partial charge in [-0.05, 0) is 30.2 Å². The first-order valence-electron chi connectivity index (χ1n) is 7.36. The van der Waals surface area contributed by atoms with Crippen molar-refractivity contribution in [1.82, 2.24) is 5.32 Å². The quantitative estimate of drug-likeness (QED) is 0.843. The summed E-state index contributed by atoms with van der Waals surface area (Å²) in [5.41, 5.74) is 2.08. The molecule has 5 heteroatoms. The Balaban J connectivity index is 1.95. The largest absolute Gasteiger partial charge is 0.482 e. The molecule has 0 aromatic heterocycles. The van der Waals surface area contributed by atoms with E-state index in [2.05, 4.69) is 5.32 Å².